The highest BCUT2D eigenvalue weighted by molar-refractivity contribution is 7.98. The normalized spacial score (nSPS) is 11.5. The molecule has 0 aromatic heterocycles. The second-order valence-corrected chi connectivity index (χ2v) is 7.10. The summed E-state index contributed by atoms with van der Waals surface area (Å²) < 4.78 is 22.5. The molecule has 0 heterocycles. The molecule has 0 saturated carbocycles. The molecule has 0 unspecified atom stereocenters. The second kappa shape index (κ2) is 5.87. The van der Waals surface area contributed by atoms with Crippen LogP contribution in [0.15, 0.2) is 52.3 Å². The number of sulfonamides is 1. The van der Waals surface area contributed by atoms with Gasteiger partial charge < -0.3 is 5.73 Å². The first-order valence-electron chi connectivity index (χ1n) is 5.97. The maximum atomic E-state index is 11.3. The van der Waals surface area contributed by atoms with E-state index in [-0.39, 0.29) is 10.6 Å². The van der Waals surface area contributed by atoms with Gasteiger partial charge in [0.25, 0.3) is 0 Å². The summed E-state index contributed by atoms with van der Waals surface area (Å²) in [5, 5.41) is 5.07. The number of nitrogen functional groups attached to an aromatic ring is 1. The first-order chi connectivity index (χ1) is 9.36. The van der Waals surface area contributed by atoms with E-state index < -0.39 is 10.0 Å². The van der Waals surface area contributed by atoms with Crippen molar-refractivity contribution in [2.75, 3.05) is 5.73 Å². The first-order valence-corrected chi connectivity index (χ1v) is 8.50. The van der Waals surface area contributed by atoms with E-state index in [2.05, 4.69) is 12.1 Å². The predicted molar refractivity (Wildman–Crippen MR) is 83.0 cm³/mol. The third kappa shape index (κ3) is 3.75. The smallest absolute Gasteiger partial charge is 0.240 e. The second-order valence-electron chi connectivity index (χ2n) is 4.52. The van der Waals surface area contributed by atoms with Crippen LogP contribution in [0.5, 0.6) is 0 Å². The lowest BCUT2D eigenvalue weighted by molar-refractivity contribution is 0.598. The Morgan fingerprint density at radius 3 is 2.50 bits per heavy atom. The topological polar surface area (TPSA) is 86.2 Å². The fourth-order valence-electron chi connectivity index (χ4n) is 1.84. The Bertz CT molecular complexity index is 728. The lowest BCUT2D eigenvalue weighted by Gasteiger charge is -2.07. The van der Waals surface area contributed by atoms with Crippen LogP contribution >= 0.6 is 11.8 Å². The van der Waals surface area contributed by atoms with E-state index in [1.54, 1.807) is 23.9 Å². The Hall–Kier alpha value is -1.50. The number of thioether (sulfide) groups is 1. The predicted octanol–water partition coefficient (Wildman–Crippen LogP) is 2.52. The summed E-state index contributed by atoms with van der Waals surface area (Å²) in [6.45, 7) is 2.05. The Morgan fingerprint density at radius 2 is 1.90 bits per heavy atom. The number of hydrogen-bond acceptors (Lipinski definition) is 4. The Labute approximate surface area is 123 Å². The molecule has 0 aliphatic rings. The summed E-state index contributed by atoms with van der Waals surface area (Å²) in [4.78, 5) is 0.883. The highest BCUT2D eigenvalue weighted by Gasteiger charge is 2.12. The van der Waals surface area contributed by atoms with Crippen molar-refractivity contribution in [3.63, 3.8) is 0 Å². The summed E-state index contributed by atoms with van der Waals surface area (Å²) in [7, 11) is -3.76. The van der Waals surface area contributed by atoms with E-state index >= 15 is 0 Å². The van der Waals surface area contributed by atoms with Gasteiger partial charge in [0, 0.05) is 10.6 Å². The zero-order valence-electron chi connectivity index (χ0n) is 11.0. The maximum Gasteiger partial charge on any atom is 0.240 e. The van der Waals surface area contributed by atoms with Crippen molar-refractivity contribution in [3.05, 3.63) is 53.6 Å². The molecule has 0 amide bonds. The van der Waals surface area contributed by atoms with Gasteiger partial charge in [-0.05, 0) is 30.7 Å². The molecule has 0 fully saturated rings. The third-order valence-corrected chi connectivity index (χ3v) is 4.83. The van der Waals surface area contributed by atoms with Crippen molar-refractivity contribution in [2.45, 2.75) is 22.5 Å². The standard InChI is InChI=1S/C14H16N2O2S2/c1-10-3-2-4-11(7-10)9-19-12-5-6-14(13(15)8-12)20(16,17)18/h2-8H,9,15H2,1H3,(H2,16,17,18). The molecule has 0 aliphatic carbocycles. The van der Waals surface area contributed by atoms with Crippen LogP contribution in [0.25, 0.3) is 0 Å². The summed E-state index contributed by atoms with van der Waals surface area (Å²) in [6, 6.07) is 13.0. The largest absolute Gasteiger partial charge is 0.398 e. The molecule has 2 aromatic carbocycles. The van der Waals surface area contributed by atoms with E-state index in [0.717, 1.165) is 10.6 Å². The number of aryl methyl sites for hydroxylation is 1. The minimum absolute atomic E-state index is 0.0302. The van der Waals surface area contributed by atoms with Crippen LogP contribution in [0.2, 0.25) is 0 Å². The zero-order valence-corrected chi connectivity index (χ0v) is 12.7. The van der Waals surface area contributed by atoms with Crippen LogP contribution in [-0.4, -0.2) is 8.42 Å². The number of rotatable bonds is 4. The van der Waals surface area contributed by atoms with Crippen LogP contribution < -0.4 is 10.9 Å². The molecule has 0 radical (unpaired) electrons. The van der Waals surface area contributed by atoms with E-state index in [1.165, 1.54) is 17.2 Å². The number of primary sulfonamides is 1. The third-order valence-electron chi connectivity index (χ3n) is 2.78. The van der Waals surface area contributed by atoms with Gasteiger partial charge >= 0.3 is 0 Å². The first kappa shape index (κ1) is 14.9. The van der Waals surface area contributed by atoms with Crippen molar-refractivity contribution in [2.24, 2.45) is 5.14 Å². The molecule has 0 bridgehead atoms. The highest BCUT2D eigenvalue weighted by Crippen LogP contribution is 2.27. The van der Waals surface area contributed by atoms with Gasteiger partial charge in [-0.25, -0.2) is 13.6 Å². The van der Waals surface area contributed by atoms with Crippen LogP contribution in [0.4, 0.5) is 5.69 Å². The molecule has 4 nitrogen and oxygen atoms in total. The summed E-state index contributed by atoms with van der Waals surface area (Å²) in [6.07, 6.45) is 0. The summed E-state index contributed by atoms with van der Waals surface area (Å²) in [5.74, 6) is 0.801. The van der Waals surface area contributed by atoms with Crippen LogP contribution in [0.3, 0.4) is 0 Å². The molecule has 0 aliphatic heterocycles. The maximum absolute atomic E-state index is 11.3. The van der Waals surface area contributed by atoms with Gasteiger partial charge in [0.1, 0.15) is 4.90 Å². The van der Waals surface area contributed by atoms with Crippen LogP contribution in [0.1, 0.15) is 11.1 Å². The fraction of sp³-hybridized carbons (Fsp3) is 0.143. The monoisotopic (exact) mass is 308 g/mol. The van der Waals surface area contributed by atoms with Crippen molar-refractivity contribution >= 4 is 27.5 Å². The van der Waals surface area contributed by atoms with Gasteiger partial charge in [0.05, 0.1) is 5.69 Å². The summed E-state index contributed by atoms with van der Waals surface area (Å²) >= 11 is 1.60. The van der Waals surface area contributed by atoms with E-state index in [1.807, 2.05) is 19.1 Å². The molecule has 0 atom stereocenters. The van der Waals surface area contributed by atoms with Gasteiger partial charge in [-0.1, -0.05) is 29.8 Å². The molecule has 0 spiro atoms. The van der Waals surface area contributed by atoms with Crippen LogP contribution in [0, 0.1) is 6.92 Å². The molecule has 4 N–H and O–H groups in total. The number of nitrogens with two attached hydrogens (primary N) is 2. The van der Waals surface area contributed by atoms with E-state index in [4.69, 9.17) is 10.9 Å². The molecule has 0 saturated heterocycles. The van der Waals surface area contributed by atoms with E-state index in [9.17, 15) is 8.42 Å². The van der Waals surface area contributed by atoms with Crippen LogP contribution in [-0.2, 0) is 15.8 Å². The molecule has 20 heavy (non-hydrogen) atoms. The lowest BCUT2D eigenvalue weighted by Crippen LogP contribution is -2.14. The Morgan fingerprint density at radius 1 is 1.15 bits per heavy atom. The van der Waals surface area contributed by atoms with Gasteiger partial charge in [-0.15, -0.1) is 11.8 Å². The van der Waals surface area contributed by atoms with Gasteiger partial charge in [0.2, 0.25) is 10.0 Å². The quantitative estimate of drug-likeness (QED) is 0.671. The molecule has 2 rings (SSSR count). The molecular formula is C14H16N2O2S2. The van der Waals surface area contributed by atoms with Crippen molar-refractivity contribution in [1.29, 1.82) is 0 Å². The van der Waals surface area contributed by atoms with Gasteiger partial charge in [-0.2, -0.15) is 0 Å². The number of anilines is 1. The Balaban J connectivity index is 2.14. The van der Waals surface area contributed by atoms with Crippen molar-refractivity contribution in [3.8, 4) is 0 Å². The van der Waals surface area contributed by atoms with Crippen molar-refractivity contribution in [1.82, 2.24) is 0 Å². The molecule has 6 heteroatoms. The SMILES string of the molecule is Cc1cccc(CSc2ccc(S(N)(=O)=O)c(N)c2)c1. The molecular weight excluding hydrogens is 292 g/mol. The minimum atomic E-state index is -3.76. The van der Waals surface area contributed by atoms with Gasteiger partial charge in [-0.3, -0.25) is 0 Å². The number of benzene rings is 2. The Kier molecular flexibility index (Phi) is 4.37. The van der Waals surface area contributed by atoms with E-state index in [0.29, 0.717) is 0 Å². The summed E-state index contributed by atoms with van der Waals surface area (Å²) in [5.41, 5.74) is 8.34. The van der Waals surface area contributed by atoms with Gasteiger partial charge in [0.15, 0.2) is 0 Å². The lowest BCUT2D eigenvalue weighted by atomic mass is 10.2. The fourth-order valence-corrected chi connectivity index (χ4v) is 3.38. The minimum Gasteiger partial charge on any atom is -0.398 e. The average Bonchev–Trinajstić information content (AvgIpc) is 2.35. The molecule has 2 aromatic rings. The zero-order chi connectivity index (χ0) is 14.8. The van der Waals surface area contributed by atoms with Crippen molar-refractivity contribution < 1.29 is 8.42 Å². The number of hydrogen-bond donors (Lipinski definition) is 2. The highest BCUT2D eigenvalue weighted by atomic mass is 32.2. The molecule has 106 valence electrons. The average molecular weight is 308 g/mol.